The second-order valence-corrected chi connectivity index (χ2v) is 6.03. The molecule has 2 aromatic heterocycles. The van der Waals surface area contributed by atoms with Crippen LogP contribution in [0.15, 0.2) is 35.0 Å². The van der Waals surface area contributed by atoms with Crippen molar-refractivity contribution in [2.24, 2.45) is 0 Å². The van der Waals surface area contributed by atoms with Crippen molar-refractivity contribution in [3.05, 3.63) is 35.0 Å². The minimum Gasteiger partial charge on any atom is -0.344 e. The van der Waals surface area contributed by atoms with Crippen molar-refractivity contribution < 1.29 is 0 Å². The first-order valence-corrected chi connectivity index (χ1v) is 6.05. The van der Waals surface area contributed by atoms with Crippen LogP contribution in [0.1, 0.15) is 0 Å². The molecule has 2 heterocycles. The molecule has 0 saturated carbocycles. The van der Waals surface area contributed by atoms with Gasteiger partial charge in [0.05, 0.1) is 0 Å². The normalized spacial score (nSPS) is 9.33. The smallest absolute Gasteiger partial charge is 0.0300 e. The van der Waals surface area contributed by atoms with Crippen molar-refractivity contribution in [1.82, 2.24) is 6.15 Å². The van der Waals surface area contributed by atoms with Gasteiger partial charge >= 0.3 is 0 Å². The fourth-order valence-electron chi connectivity index (χ4n) is 0.821. The van der Waals surface area contributed by atoms with E-state index in [9.17, 15) is 0 Å². The zero-order valence-corrected chi connectivity index (χ0v) is 9.12. The van der Waals surface area contributed by atoms with Gasteiger partial charge in [0.1, 0.15) is 0 Å². The van der Waals surface area contributed by atoms with E-state index in [1.807, 2.05) is 22.7 Å². The molecule has 2 rings (SSSR count). The lowest BCUT2D eigenvalue weighted by Crippen LogP contribution is -1.92. The first-order valence-electron chi connectivity index (χ1n) is 3.29. The molecule has 0 atom stereocenters. The van der Waals surface area contributed by atoms with Gasteiger partial charge in [-0.3, -0.25) is 0 Å². The van der Waals surface area contributed by atoms with Crippen molar-refractivity contribution >= 4 is 40.5 Å². The summed E-state index contributed by atoms with van der Waals surface area (Å²) in [6.45, 7) is 0. The summed E-state index contributed by atoms with van der Waals surface area (Å²) in [7, 11) is 0.863. The summed E-state index contributed by atoms with van der Waals surface area (Å²) in [4.78, 5) is 0. The Hall–Kier alpha value is -0.210. The largest absolute Gasteiger partial charge is 0.344 e. The molecule has 12 heavy (non-hydrogen) atoms. The van der Waals surface area contributed by atoms with Crippen LogP contribution in [-0.4, -0.2) is 0 Å². The maximum absolute atomic E-state index is 2.20. The Labute approximate surface area is 81.8 Å². The van der Waals surface area contributed by atoms with Gasteiger partial charge in [-0.25, -0.2) is 0 Å². The second-order valence-electron chi connectivity index (χ2n) is 2.08. The summed E-state index contributed by atoms with van der Waals surface area (Å²) < 4.78 is 2.96. The Morgan fingerprint density at radius 3 is 1.75 bits per heavy atom. The summed E-state index contributed by atoms with van der Waals surface area (Å²) in [6.07, 6.45) is 0. The van der Waals surface area contributed by atoms with E-state index in [-0.39, 0.29) is 6.15 Å². The van der Waals surface area contributed by atoms with Crippen LogP contribution >= 0.6 is 31.3 Å². The third kappa shape index (κ3) is 2.39. The first-order chi connectivity index (χ1) is 5.45. The maximum atomic E-state index is 2.20. The lowest BCUT2D eigenvalue weighted by atomic mass is 10.7. The molecule has 0 radical (unpaired) electrons. The Morgan fingerprint density at radius 2 is 1.42 bits per heavy atom. The van der Waals surface area contributed by atoms with E-state index < -0.39 is 0 Å². The van der Waals surface area contributed by atoms with Crippen LogP contribution < -0.4 is 15.4 Å². The maximum Gasteiger partial charge on any atom is 0.0300 e. The molecule has 3 N–H and O–H groups in total. The van der Waals surface area contributed by atoms with Crippen LogP contribution in [0.2, 0.25) is 0 Å². The van der Waals surface area contributed by atoms with Crippen molar-refractivity contribution in [2.45, 2.75) is 0 Å². The van der Waals surface area contributed by atoms with Gasteiger partial charge in [-0.15, -0.1) is 22.7 Å². The van der Waals surface area contributed by atoms with Gasteiger partial charge in [0.25, 0.3) is 0 Å². The second kappa shape index (κ2) is 4.73. The highest BCUT2D eigenvalue weighted by Gasteiger charge is 1.95. The molecule has 0 aromatic carbocycles. The van der Waals surface area contributed by atoms with Crippen molar-refractivity contribution in [3.63, 3.8) is 0 Å². The fraction of sp³-hybridized carbons (Fsp3) is 0. The van der Waals surface area contributed by atoms with Gasteiger partial charge in [0.15, 0.2) is 0 Å². The summed E-state index contributed by atoms with van der Waals surface area (Å²) in [6, 6.07) is 8.62. The standard InChI is InChI=1S/C8H7PS2.H3N/c1-3-7(10-5-1)9-8-4-2-6-11-8;/h1-6,9H;1H3. The van der Waals surface area contributed by atoms with Crippen LogP contribution in [0.5, 0.6) is 0 Å². The highest BCUT2D eigenvalue weighted by Crippen LogP contribution is 2.16. The van der Waals surface area contributed by atoms with Crippen LogP contribution in [0.25, 0.3) is 0 Å². The predicted octanol–water partition coefficient (Wildman–Crippen LogP) is 2.60. The van der Waals surface area contributed by atoms with Crippen LogP contribution in [0.4, 0.5) is 0 Å². The summed E-state index contributed by atoms with van der Waals surface area (Å²) >= 11 is 3.68. The highest BCUT2D eigenvalue weighted by atomic mass is 32.1. The average molecular weight is 215 g/mol. The van der Waals surface area contributed by atoms with E-state index in [0.717, 1.165) is 8.58 Å². The van der Waals surface area contributed by atoms with Crippen molar-refractivity contribution in [1.29, 1.82) is 0 Å². The Morgan fingerprint density at radius 1 is 0.917 bits per heavy atom. The van der Waals surface area contributed by atoms with Crippen LogP contribution in [0.3, 0.4) is 0 Å². The summed E-state index contributed by atoms with van der Waals surface area (Å²) in [5, 5.41) is 4.27. The molecule has 1 nitrogen and oxygen atoms in total. The third-order valence-corrected chi connectivity index (χ3v) is 4.80. The Bertz CT molecular complexity index is 269. The van der Waals surface area contributed by atoms with Gasteiger partial charge in [0.2, 0.25) is 0 Å². The Balaban J connectivity index is 0.000000720. The van der Waals surface area contributed by atoms with E-state index in [2.05, 4.69) is 35.0 Å². The molecule has 0 amide bonds. The van der Waals surface area contributed by atoms with E-state index in [0.29, 0.717) is 0 Å². The molecule has 2 aromatic rings. The van der Waals surface area contributed by atoms with Crippen LogP contribution in [0, 0.1) is 0 Å². The van der Waals surface area contributed by atoms with Crippen molar-refractivity contribution in [3.8, 4) is 0 Å². The first kappa shape index (κ1) is 9.87. The lowest BCUT2D eigenvalue weighted by molar-refractivity contribution is 2.06. The lowest BCUT2D eigenvalue weighted by Gasteiger charge is -1.90. The van der Waals surface area contributed by atoms with E-state index in [1.54, 1.807) is 0 Å². The molecule has 0 aliphatic carbocycles. The zero-order chi connectivity index (χ0) is 7.52. The highest BCUT2D eigenvalue weighted by molar-refractivity contribution is 7.68. The summed E-state index contributed by atoms with van der Waals surface area (Å²) in [5.41, 5.74) is 0. The average Bonchev–Trinajstić information content (AvgIpc) is 2.60. The summed E-state index contributed by atoms with van der Waals surface area (Å²) in [5.74, 6) is 0. The minimum absolute atomic E-state index is 0. The molecule has 0 fully saturated rings. The number of hydrogen-bond donors (Lipinski definition) is 1. The van der Waals surface area contributed by atoms with Gasteiger partial charge in [-0.2, -0.15) is 0 Å². The van der Waals surface area contributed by atoms with Gasteiger partial charge < -0.3 is 6.15 Å². The molecule has 0 spiro atoms. The van der Waals surface area contributed by atoms with Crippen molar-refractivity contribution in [2.75, 3.05) is 0 Å². The number of hydrogen-bond acceptors (Lipinski definition) is 3. The van der Waals surface area contributed by atoms with Gasteiger partial charge in [-0.1, -0.05) is 12.1 Å². The number of rotatable bonds is 2. The molecule has 0 unspecified atom stereocenters. The Kier molecular flexibility index (Phi) is 3.89. The SMILES string of the molecule is N.c1csc(Pc2cccs2)c1. The predicted molar refractivity (Wildman–Crippen MR) is 61.2 cm³/mol. The van der Waals surface area contributed by atoms with E-state index >= 15 is 0 Å². The molecule has 0 aliphatic heterocycles. The molecule has 0 bridgehead atoms. The van der Waals surface area contributed by atoms with Gasteiger partial charge in [-0.05, 0) is 31.5 Å². The molecule has 0 saturated heterocycles. The zero-order valence-electron chi connectivity index (χ0n) is 6.49. The van der Waals surface area contributed by atoms with E-state index in [1.165, 1.54) is 9.24 Å². The molecule has 0 aliphatic rings. The molecule has 64 valence electrons. The van der Waals surface area contributed by atoms with Gasteiger partial charge in [0, 0.05) is 9.24 Å². The monoisotopic (exact) mass is 215 g/mol. The quantitative estimate of drug-likeness (QED) is 0.768. The van der Waals surface area contributed by atoms with E-state index in [4.69, 9.17) is 0 Å². The third-order valence-electron chi connectivity index (χ3n) is 1.29. The van der Waals surface area contributed by atoms with Crippen LogP contribution in [-0.2, 0) is 0 Å². The number of thiophene rings is 2. The fourth-order valence-corrected chi connectivity index (χ4v) is 4.08. The minimum atomic E-state index is 0. The topological polar surface area (TPSA) is 35.0 Å². The molecular weight excluding hydrogens is 205 g/mol. The molecule has 4 heteroatoms. The molecular formula is C8H10NPS2.